The molecule has 0 amide bonds. The van der Waals surface area contributed by atoms with E-state index in [1.54, 1.807) is 12.1 Å². The molecule has 0 spiro atoms. The van der Waals surface area contributed by atoms with E-state index < -0.39 is 11.9 Å². The van der Waals surface area contributed by atoms with Crippen molar-refractivity contribution in [1.29, 1.82) is 0 Å². The SMILES string of the molecule is CCOCCOC(=O)C1=C(C)NC2=C(C(=O)C[C@H](c3ccc(Cl)cc3)C2)[C@H]1c1ccc(Cl)cc1. The Labute approximate surface area is 209 Å². The second kappa shape index (κ2) is 10.8. The quantitative estimate of drug-likeness (QED) is 0.377. The molecule has 2 aromatic rings. The fourth-order valence-corrected chi connectivity index (χ4v) is 4.94. The first kappa shape index (κ1) is 24.5. The number of nitrogens with one attached hydrogen (secondary N) is 1. The van der Waals surface area contributed by atoms with Crippen LogP contribution in [-0.2, 0) is 19.1 Å². The van der Waals surface area contributed by atoms with Gasteiger partial charge in [-0.3, -0.25) is 4.79 Å². The van der Waals surface area contributed by atoms with E-state index in [1.807, 2.05) is 50.2 Å². The first-order valence-corrected chi connectivity index (χ1v) is 12.1. The summed E-state index contributed by atoms with van der Waals surface area (Å²) in [5.74, 6) is -0.925. The van der Waals surface area contributed by atoms with E-state index in [-0.39, 0.29) is 18.3 Å². The Kier molecular flexibility index (Phi) is 7.77. The maximum Gasteiger partial charge on any atom is 0.336 e. The molecule has 34 heavy (non-hydrogen) atoms. The minimum Gasteiger partial charge on any atom is -0.460 e. The second-order valence-corrected chi connectivity index (χ2v) is 9.33. The molecule has 1 aliphatic heterocycles. The summed E-state index contributed by atoms with van der Waals surface area (Å²) in [6.07, 6.45) is 1.02. The van der Waals surface area contributed by atoms with Gasteiger partial charge in [0.25, 0.3) is 0 Å². The van der Waals surface area contributed by atoms with E-state index in [4.69, 9.17) is 32.7 Å². The summed E-state index contributed by atoms with van der Waals surface area (Å²) in [6, 6.07) is 14.9. The molecule has 1 N–H and O–H groups in total. The number of carbonyl (C=O) groups excluding carboxylic acids is 2. The van der Waals surface area contributed by atoms with Gasteiger partial charge in [-0.25, -0.2) is 4.79 Å². The zero-order chi connectivity index (χ0) is 24.2. The Morgan fingerprint density at radius 1 is 0.971 bits per heavy atom. The number of halogens is 2. The fourth-order valence-electron chi connectivity index (χ4n) is 4.68. The van der Waals surface area contributed by atoms with Crippen LogP contribution in [0.5, 0.6) is 0 Å². The van der Waals surface area contributed by atoms with Crippen LogP contribution in [0.4, 0.5) is 0 Å². The number of hydrogen-bond acceptors (Lipinski definition) is 5. The topological polar surface area (TPSA) is 64.6 Å². The summed E-state index contributed by atoms with van der Waals surface area (Å²) in [4.78, 5) is 26.7. The lowest BCUT2D eigenvalue weighted by atomic mass is 9.72. The molecular formula is C27H27Cl2NO4. The zero-order valence-electron chi connectivity index (χ0n) is 19.2. The van der Waals surface area contributed by atoms with Gasteiger partial charge in [0, 0.05) is 46.0 Å². The predicted molar refractivity (Wildman–Crippen MR) is 133 cm³/mol. The van der Waals surface area contributed by atoms with E-state index in [0.29, 0.717) is 52.9 Å². The molecule has 0 unspecified atom stereocenters. The summed E-state index contributed by atoms with van der Waals surface area (Å²) in [7, 11) is 0. The van der Waals surface area contributed by atoms with E-state index in [9.17, 15) is 9.59 Å². The third-order valence-corrected chi connectivity index (χ3v) is 6.76. The Bertz CT molecular complexity index is 1140. The maximum atomic E-state index is 13.6. The van der Waals surface area contributed by atoms with Crippen LogP contribution >= 0.6 is 23.2 Å². The molecule has 2 aromatic carbocycles. The van der Waals surface area contributed by atoms with Crippen LogP contribution in [0, 0.1) is 0 Å². The molecule has 1 heterocycles. The molecule has 178 valence electrons. The first-order chi connectivity index (χ1) is 16.4. The smallest absolute Gasteiger partial charge is 0.336 e. The van der Waals surface area contributed by atoms with Crippen LogP contribution in [0.1, 0.15) is 49.7 Å². The minimum absolute atomic E-state index is 0.0146. The number of rotatable bonds is 7. The van der Waals surface area contributed by atoms with E-state index in [2.05, 4.69) is 5.32 Å². The molecule has 1 aliphatic carbocycles. The highest BCUT2D eigenvalue weighted by molar-refractivity contribution is 6.30. The van der Waals surface area contributed by atoms with Crippen LogP contribution in [-0.4, -0.2) is 31.6 Å². The monoisotopic (exact) mass is 499 g/mol. The van der Waals surface area contributed by atoms with Crippen molar-refractivity contribution in [2.75, 3.05) is 19.8 Å². The first-order valence-electron chi connectivity index (χ1n) is 11.4. The van der Waals surface area contributed by atoms with Crippen molar-refractivity contribution in [3.8, 4) is 0 Å². The van der Waals surface area contributed by atoms with Crippen molar-refractivity contribution in [3.63, 3.8) is 0 Å². The Morgan fingerprint density at radius 2 is 1.59 bits per heavy atom. The van der Waals surface area contributed by atoms with Crippen LogP contribution in [0.15, 0.2) is 71.1 Å². The van der Waals surface area contributed by atoms with E-state index in [1.165, 1.54) is 0 Å². The number of dihydropyridines is 1. The average Bonchev–Trinajstić information content (AvgIpc) is 2.81. The Hall–Kier alpha value is -2.60. The highest BCUT2D eigenvalue weighted by Gasteiger charge is 2.41. The average molecular weight is 500 g/mol. The molecule has 0 bridgehead atoms. The van der Waals surface area contributed by atoms with Gasteiger partial charge in [-0.2, -0.15) is 0 Å². The van der Waals surface area contributed by atoms with Gasteiger partial charge in [-0.05, 0) is 61.6 Å². The van der Waals surface area contributed by atoms with Gasteiger partial charge < -0.3 is 14.8 Å². The molecule has 2 atom stereocenters. The fraction of sp³-hybridized carbons (Fsp3) is 0.333. The van der Waals surface area contributed by atoms with Crippen LogP contribution in [0.25, 0.3) is 0 Å². The number of esters is 1. The van der Waals surface area contributed by atoms with Crippen molar-refractivity contribution >= 4 is 35.0 Å². The molecule has 4 rings (SSSR count). The third kappa shape index (κ3) is 5.22. The van der Waals surface area contributed by atoms with Crippen LogP contribution in [0.2, 0.25) is 10.0 Å². The van der Waals surface area contributed by atoms with Crippen molar-refractivity contribution in [3.05, 3.63) is 92.2 Å². The highest BCUT2D eigenvalue weighted by atomic mass is 35.5. The van der Waals surface area contributed by atoms with Crippen molar-refractivity contribution in [1.82, 2.24) is 5.32 Å². The van der Waals surface area contributed by atoms with E-state index >= 15 is 0 Å². The molecule has 0 saturated carbocycles. The van der Waals surface area contributed by atoms with Gasteiger partial charge in [0.05, 0.1) is 12.2 Å². The largest absolute Gasteiger partial charge is 0.460 e. The molecule has 7 heteroatoms. The molecule has 0 saturated heterocycles. The van der Waals surface area contributed by atoms with Gasteiger partial charge in [-0.15, -0.1) is 0 Å². The summed E-state index contributed by atoms with van der Waals surface area (Å²) in [5.41, 5.74) is 4.49. The van der Waals surface area contributed by atoms with Gasteiger partial charge >= 0.3 is 5.97 Å². The lowest BCUT2D eigenvalue weighted by molar-refractivity contribution is -0.140. The number of ketones is 1. The van der Waals surface area contributed by atoms with Crippen molar-refractivity contribution in [2.24, 2.45) is 0 Å². The molecule has 2 aliphatic rings. The standard InChI is InChI=1S/C27H27Cl2NO4/c1-3-33-12-13-34-27(32)24-16(2)30-22-14-19(17-4-8-20(28)9-5-17)15-23(31)26(22)25(24)18-6-10-21(29)11-7-18/h4-11,19,25,30H,3,12-15H2,1-2H3/t19-,25+/m1/s1. The van der Waals surface area contributed by atoms with Gasteiger partial charge in [0.1, 0.15) is 6.61 Å². The Balaban J connectivity index is 1.70. The maximum absolute atomic E-state index is 13.6. The number of benzene rings is 2. The molecule has 0 radical (unpaired) electrons. The Morgan fingerprint density at radius 3 is 2.21 bits per heavy atom. The predicted octanol–water partition coefficient (Wildman–Crippen LogP) is 5.93. The van der Waals surface area contributed by atoms with Crippen LogP contribution < -0.4 is 5.32 Å². The second-order valence-electron chi connectivity index (χ2n) is 8.45. The third-order valence-electron chi connectivity index (χ3n) is 6.26. The van der Waals surface area contributed by atoms with Crippen molar-refractivity contribution in [2.45, 2.75) is 38.5 Å². The minimum atomic E-state index is -0.522. The number of hydrogen-bond donors (Lipinski definition) is 1. The summed E-state index contributed by atoms with van der Waals surface area (Å²) < 4.78 is 10.8. The van der Waals surface area contributed by atoms with Crippen LogP contribution in [0.3, 0.4) is 0 Å². The summed E-state index contributed by atoms with van der Waals surface area (Å²) in [5, 5.41) is 4.61. The lowest BCUT2D eigenvalue weighted by Crippen LogP contribution is -2.36. The summed E-state index contributed by atoms with van der Waals surface area (Å²) >= 11 is 12.2. The molecular weight excluding hydrogens is 473 g/mol. The lowest BCUT2D eigenvalue weighted by Gasteiger charge is -2.36. The van der Waals surface area contributed by atoms with Crippen molar-refractivity contribution < 1.29 is 19.1 Å². The molecule has 5 nitrogen and oxygen atoms in total. The number of Topliss-reactive ketones (excluding diaryl/α,β-unsaturated/α-hetero) is 1. The van der Waals surface area contributed by atoms with Gasteiger partial charge in [0.15, 0.2) is 5.78 Å². The number of carbonyl (C=O) groups is 2. The number of allylic oxidation sites excluding steroid dienone is 3. The summed E-state index contributed by atoms with van der Waals surface area (Å²) in [6.45, 7) is 4.75. The van der Waals surface area contributed by atoms with Gasteiger partial charge in [0.2, 0.25) is 0 Å². The van der Waals surface area contributed by atoms with E-state index in [0.717, 1.165) is 16.8 Å². The normalized spacial score (nSPS) is 20.2. The highest BCUT2D eigenvalue weighted by Crippen LogP contribution is 2.45. The molecule has 0 aromatic heterocycles. The molecule has 0 fully saturated rings. The number of ether oxygens (including phenoxy) is 2. The zero-order valence-corrected chi connectivity index (χ0v) is 20.7. The van der Waals surface area contributed by atoms with Gasteiger partial charge in [-0.1, -0.05) is 47.5 Å².